The van der Waals surface area contributed by atoms with Gasteiger partial charge in [0.1, 0.15) is 0 Å². The fraction of sp³-hybridized carbons (Fsp3) is 0.143. The average Bonchev–Trinajstić information content (AvgIpc) is 2.73. The Hall–Kier alpha value is -2.57. The van der Waals surface area contributed by atoms with E-state index in [-0.39, 0.29) is 18.0 Å². The van der Waals surface area contributed by atoms with Crippen molar-refractivity contribution in [2.24, 2.45) is 0 Å². The van der Waals surface area contributed by atoms with Crippen molar-refractivity contribution in [2.75, 3.05) is 5.32 Å². The molecule has 2 N–H and O–H groups in total. The van der Waals surface area contributed by atoms with Gasteiger partial charge in [0.05, 0.1) is 0 Å². The molecule has 1 aliphatic rings. The zero-order valence-corrected chi connectivity index (χ0v) is 10.6. The summed E-state index contributed by atoms with van der Waals surface area (Å²) in [5.74, 6) is -1.26. The molecule has 2 aromatic rings. The second-order valence-corrected chi connectivity index (χ2v) is 4.47. The Balaban J connectivity index is 1.71. The van der Waals surface area contributed by atoms with E-state index in [2.05, 4.69) is 14.8 Å². The largest absolute Gasteiger partial charge is 0.586 e. The maximum atomic E-state index is 13.2. The van der Waals surface area contributed by atoms with E-state index in [9.17, 15) is 13.2 Å². The van der Waals surface area contributed by atoms with Gasteiger partial charge in [-0.1, -0.05) is 6.07 Å². The summed E-state index contributed by atoms with van der Waals surface area (Å²) in [7, 11) is 0. The molecule has 0 atom stereocenters. The minimum atomic E-state index is -3.65. The second-order valence-electron chi connectivity index (χ2n) is 4.47. The van der Waals surface area contributed by atoms with Gasteiger partial charge in [-0.05, 0) is 29.8 Å². The van der Waals surface area contributed by atoms with Gasteiger partial charge in [0, 0.05) is 18.3 Å². The van der Waals surface area contributed by atoms with Gasteiger partial charge in [-0.2, -0.15) is 0 Å². The Bertz CT molecular complexity index is 691. The number of phenolic OH excluding ortho intramolecular Hbond substituents is 1. The van der Waals surface area contributed by atoms with Crippen molar-refractivity contribution in [1.82, 2.24) is 0 Å². The molecule has 1 heterocycles. The number of alkyl halides is 2. The maximum Gasteiger partial charge on any atom is 0.586 e. The van der Waals surface area contributed by atoms with E-state index in [0.29, 0.717) is 11.3 Å². The van der Waals surface area contributed by atoms with Gasteiger partial charge < -0.3 is 19.9 Å². The van der Waals surface area contributed by atoms with Crippen LogP contribution in [0.3, 0.4) is 0 Å². The summed E-state index contributed by atoms with van der Waals surface area (Å²) >= 11 is 0. The molecular formula is C14H10F3NO3. The van der Waals surface area contributed by atoms with E-state index >= 15 is 0 Å². The van der Waals surface area contributed by atoms with Gasteiger partial charge in [0.15, 0.2) is 23.1 Å². The molecule has 0 bridgehead atoms. The highest BCUT2D eigenvalue weighted by Crippen LogP contribution is 2.42. The molecule has 4 nitrogen and oxygen atoms in total. The van der Waals surface area contributed by atoms with Crippen LogP contribution in [0.2, 0.25) is 0 Å². The predicted octanol–water partition coefficient (Wildman–Crippen LogP) is 3.46. The van der Waals surface area contributed by atoms with Crippen LogP contribution in [0, 0.1) is 5.82 Å². The third-order valence-corrected chi connectivity index (χ3v) is 2.91. The molecule has 0 saturated carbocycles. The fourth-order valence-corrected chi connectivity index (χ4v) is 1.92. The minimum absolute atomic E-state index is 0.0405. The molecule has 0 fully saturated rings. The second kappa shape index (κ2) is 4.76. The lowest BCUT2D eigenvalue weighted by molar-refractivity contribution is -0.286. The zero-order valence-electron chi connectivity index (χ0n) is 10.6. The number of rotatable bonds is 3. The van der Waals surface area contributed by atoms with Crippen molar-refractivity contribution in [2.45, 2.75) is 12.8 Å². The number of phenols is 1. The number of hydrogen-bond acceptors (Lipinski definition) is 4. The molecule has 0 saturated heterocycles. The minimum Gasteiger partial charge on any atom is -0.505 e. The lowest BCUT2D eigenvalue weighted by atomic mass is 10.2. The fourth-order valence-electron chi connectivity index (χ4n) is 1.92. The first-order chi connectivity index (χ1) is 9.93. The first kappa shape index (κ1) is 13.4. The van der Waals surface area contributed by atoms with Gasteiger partial charge in [0.25, 0.3) is 0 Å². The van der Waals surface area contributed by atoms with E-state index in [1.165, 1.54) is 24.3 Å². The first-order valence-electron chi connectivity index (χ1n) is 6.04. The Kier molecular flexibility index (Phi) is 3.04. The molecule has 0 spiro atoms. The molecular weight excluding hydrogens is 287 g/mol. The number of benzene rings is 2. The molecule has 0 amide bonds. The smallest absolute Gasteiger partial charge is 0.505 e. The van der Waals surface area contributed by atoms with Crippen LogP contribution in [0.5, 0.6) is 17.2 Å². The summed E-state index contributed by atoms with van der Waals surface area (Å²) in [5, 5.41) is 12.0. The number of hydrogen-bond donors (Lipinski definition) is 2. The van der Waals surface area contributed by atoms with Gasteiger partial charge in [-0.3, -0.25) is 0 Å². The van der Waals surface area contributed by atoms with Crippen LogP contribution < -0.4 is 14.8 Å². The highest BCUT2D eigenvalue weighted by Gasteiger charge is 2.43. The summed E-state index contributed by atoms with van der Waals surface area (Å²) in [5.41, 5.74) is 1.11. The highest BCUT2D eigenvalue weighted by molar-refractivity contribution is 5.56. The summed E-state index contributed by atoms with van der Waals surface area (Å²) in [6.07, 6.45) is -3.65. The standard InChI is InChI=1S/C14H10F3NO3/c15-10-5-8(1-3-11(10)19)7-18-9-2-4-12-13(6-9)21-14(16,17)20-12/h1-6,18-19H,7H2. The SMILES string of the molecule is Oc1ccc(CNc2ccc3c(c2)OC(F)(F)O3)cc1F. The maximum absolute atomic E-state index is 13.2. The van der Waals surface area contributed by atoms with Crippen LogP contribution in [-0.4, -0.2) is 11.4 Å². The van der Waals surface area contributed by atoms with Crippen LogP contribution in [0.15, 0.2) is 36.4 Å². The normalized spacial score (nSPS) is 15.0. The van der Waals surface area contributed by atoms with Crippen LogP contribution in [0.4, 0.5) is 18.9 Å². The Morgan fingerprint density at radius 3 is 2.57 bits per heavy atom. The van der Waals surface area contributed by atoms with Crippen LogP contribution in [0.1, 0.15) is 5.56 Å². The van der Waals surface area contributed by atoms with Crippen LogP contribution in [-0.2, 0) is 6.54 Å². The zero-order chi connectivity index (χ0) is 15.0. The van der Waals surface area contributed by atoms with Crippen molar-refractivity contribution in [3.63, 3.8) is 0 Å². The predicted molar refractivity (Wildman–Crippen MR) is 68.0 cm³/mol. The quantitative estimate of drug-likeness (QED) is 0.911. The topological polar surface area (TPSA) is 50.7 Å². The van der Waals surface area contributed by atoms with Crippen LogP contribution in [0.25, 0.3) is 0 Å². The summed E-state index contributed by atoms with van der Waals surface area (Å²) in [6, 6.07) is 8.24. The van der Waals surface area contributed by atoms with Crippen molar-refractivity contribution >= 4 is 5.69 Å². The first-order valence-corrected chi connectivity index (χ1v) is 6.04. The lowest BCUT2D eigenvalue weighted by Gasteiger charge is -2.07. The summed E-state index contributed by atoms with van der Waals surface area (Å²) in [6.45, 7) is 0.257. The number of halogens is 3. The molecule has 1 aliphatic heterocycles. The molecule has 2 aromatic carbocycles. The number of ether oxygens (including phenoxy) is 2. The van der Waals surface area contributed by atoms with Crippen LogP contribution >= 0.6 is 0 Å². The molecule has 3 rings (SSSR count). The van der Waals surface area contributed by atoms with Crippen molar-refractivity contribution in [1.29, 1.82) is 0 Å². The van der Waals surface area contributed by atoms with Crippen molar-refractivity contribution < 1.29 is 27.8 Å². The Morgan fingerprint density at radius 2 is 1.81 bits per heavy atom. The summed E-state index contributed by atoms with van der Waals surface area (Å²) in [4.78, 5) is 0. The third-order valence-electron chi connectivity index (χ3n) is 2.91. The monoisotopic (exact) mass is 297 g/mol. The molecule has 21 heavy (non-hydrogen) atoms. The summed E-state index contributed by atoms with van der Waals surface area (Å²) < 4.78 is 47.5. The Labute approximate surface area is 117 Å². The molecule has 7 heteroatoms. The molecule has 0 aromatic heterocycles. The Morgan fingerprint density at radius 1 is 1.05 bits per heavy atom. The van der Waals surface area contributed by atoms with E-state index in [0.717, 1.165) is 0 Å². The van der Waals surface area contributed by atoms with Crippen molar-refractivity contribution in [3.8, 4) is 17.2 Å². The molecule has 0 aliphatic carbocycles. The van der Waals surface area contributed by atoms with Gasteiger partial charge in [0.2, 0.25) is 0 Å². The van der Waals surface area contributed by atoms with Gasteiger partial charge >= 0.3 is 6.29 Å². The molecule has 0 unspecified atom stereocenters. The van der Waals surface area contributed by atoms with Gasteiger partial charge in [-0.25, -0.2) is 4.39 Å². The van der Waals surface area contributed by atoms with E-state index < -0.39 is 17.9 Å². The molecule has 0 radical (unpaired) electrons. The number of anilines is 1. The van der Waals surface area contributed by atoms with E-state index in [1.807, 2.05) is 0 Å². The highest BCUT2D eigenvalue weighted by atomic mass is 19.3. The third kappa shape index (κ3) is 2.81. The van der Waals surface area contributed by atoms with E-state index in [1.54, 1.807) is 12.1 Å². The van der Waals surface area contributed by atoms with E-state index in [4.69, 9.17) is 5.11 Å². The van der Waals surface area contributed by atoms with Crippen molar-refractivity contribution in [3.05, 3.63) is 47.8 Å². The van der Waals surface area contributed by atoms with Gasteiger partial charge in [-0.15, -0.1) is 8.78 Å². The number of nitrogens with one attached hydrogen (secondary N) is 1. The molecule has 110 valence electrons. The lowest BCUT2D eigenvalue weighted by Crippen LogP contribution is -2.25. The number of aromatic hydroxyl groups is 1. The average molecular weight is 297 g/mol. The number of fused-ring (bicyclic) bond motifs is 1.